The molecule has 12 heavy (non-hydrogen) atoms. The summed E-state index contributed by atoms with van der Waals surface area (Å²) in [6.45, 7) is 3.15. The van der Waals surface area contributed by atoms with Crippen molar-refractivity contribution in [3.63, 3.8) is 0 Å². The summed E-state index contributed by atoms with van der Waals surface area (Å²) in [5, 5.41) is 0. The van der Waals surface area contributed by atoms with Crippen LogP contribution in [0.15, 0.2) is 11.1 Å². The molecule has 0 aromatic carbocycles. The van der Waals surface area contributed by atoms with Gasteiger partial charge in [0.25, 0.3) is 0 Å². The Morgan fingerprint density at radius 2 is 2.42 bits per heavy atom. The lowest BCUT2D eigenvalue weighted by atomic mass is 9.90. The molecule has 1 unspecified atom stereocenters. The number of esters is 1. The summed E-state index contributed by atoms with van der Waals surface area (Å²) in [4.78, 5) is 11.2. The van der Waals surface area contributed by atoms with Crippen LogP contribution in [-0.2, 0) is 14.3 Å². The van der Waals surface area contributed by atoms with Gasteiger partial charge in [0.15, 0.2) is 0 Å². The lowest BCUT2D eigenvalue weighted by molar-refractivity contribution is -0.140. The number of allylic oxidation sites excluding steroid dienone is 1. The molecule has 0 amide bonds. The third kappa shape index (κ3) is 1.50. The van der Waals surface area contributed by atoms with Crippen molar-refractivity contribution in [2.24, 2.45) is 0 Å². The summed E-state index contributed by atoms with van der Waals surface area (Å²) < 4.78 is 9.94. The molecule has 1 aliphatic heterocycles. The summed E-state index contributed by atoms with van der Waals surface area (Å²) in [5.41, 5.74) is 2.05. The van der Waals surface area contributed by atoms with Crippen molar-refractivity contribution in [2.75, 3.05) is 13.2 Å². The SMILES string of the molecule is CC1=C(C(=O)OCC2CO2)CC1. The topological polar surface area (TPSA) is 38.8 Å². The predicted octanol–water partition coefficient (Wildman–Crippen LogP) is 1.04. The second kappa shape index (κ2) is 2.90. The van der Waals surface area contributed by atoms with Crippen LogP contribution >= 0.6 is 0 Å². The number of carbonyl (C=O) groups excluding carboxylic acids is 1. The van der Waals surface area contributed by atoms with Crippen molar-refractivity contribution in [3.8, 4) is 0 Å². The Balaban J connectivity index is 1.79. The molecule has 1 saturated heterocycles. The number of carbonyl (C=O) groups is 1. The fourth-order valence-electron chi connectivity index (χ4n) is 1.20. The highest BCUT2D eigenvalue weighted by Crippen LogP contribution is 2.28. The van der Waals surface area contributed by atoms with E-state index >= 15 is 0 Å². The van der Waals surface area contributed by atoms with Gasteiger partial charge in [0.05, 0.1) is 6.61 Å². The molecule has 0 radical (unpaired) electrons. The molecular weight excluding hydrogens is 156 g/mol. The molecule has 0 N–H and O–H groups in total. The first-order valence-corrected chi connectivity index (χ1v) is 4.24. The Bertz CT molecular complexity index is 238. The zero-order valence-electron chi connectivity index (χ0n) is 7.13. The van der Waals surface area contributed by atoms with E-state index in [0.717, 1.165) is 25.0 Å². The second-order valence-corrected chi connectivity index (χ2v) is 3.31. The van der Waals surface area contributed by atoms with Gasteiger partial charge < -0.3 is 9.47 Å². The first kappa shape index (κ1) is 7.80. The van der Waals surface area contributed by atoms with Crippen LogP contribution in [0.5, 0.6) is 0 Å². The molecule has 0 bridgehead atoms. The molecule has 2 aliphatic rings. The van der Waals surface area contributed by atoms with Crippen molar-refractivity contribution in [2.45, 2.75) is 25.9 Å². The summed E-state index contributed by atoms with van der Waals surface area (Å²) in [6, 6.07) is 0. The maximum absolute atomic E-state index is 11.2. The normalized spacial score (nSPS) is 26.6. The van der Waals surface area contributed by atoms with Crippen molar-refractivity contribution in [3.05, 3.63) is 11.1 Å². The summed E-state index contributed by atoms with van der Waals surface area (Å²) in [5.74, 6) is -0.144. The Morgan fingerprint density at radius 3 is 2.83 bits per heavy atom. The van der Waals surface area contributed by atoms with Crippen LogP contribution in [0.25, 0.3) is 0 Å². The standard InChI is InChI=1S/C9H12O3/c1-6-2-3-8(6)9(10)12-5-7-4-11-7/h7H,2-5H2,1H3. The van der Waals surface area contributed by atoms with Crippen LogP contribution in [0.2, 0.25) is 0 Å². The third-order valence-electron chi connectivity index (χ3n) is 2.31. The van der Waals surface area contributed by atoms with Gasteiger partial charge in [0, 0.05) is 5.57 Å². The molecule has 1 heterocycles. The first-order chi connectivity index (χ1) is 5.77. The van der Waals surface area contributed by atoms with Gasteiger partial charge in [-0.3, -0.25) is 0 Å². The smallest absolute Gasteiger partial charge is 0.334 e. The van der Waals surface area contributed by atoms with E-state index in [4.69, 9.17) is 9.47 Å². The highest BCUT2D eigenvalue weighted by molar-refractivity contribution is 5.90. The summed E-state index contributed by atoms with van der Waals surface area (Å²) >= 11 is 0. The molecule has 3 heteroatoms. The Kier molecular flexibility index (Phi) is 1.89. The van der Waals surface area contributed by atoms with E-state index in [1.807, 2.05) is 6.92 Å². The van der Waals surface area contributed by atoms with Crippen molar-refractivity contribution < 1.29 is 14.3 Å². The summed E-state index contributed by atoms with van der Waals surface area (Å²) in [7, 11) is 0. The highest BCUT2D eigenvalue weighted by Gasteiger charge is 2.27. The van der Waals surface area contributed by atoms with Crippen LogP contribution in [0, 0.1) is 0 Å². The molecule has 0 aromatic rings. The van der Waals surface area contributed by atoms with Gasteiger partial charge in [-0.15, -0.1) is 0 Å². The van der Waals surface area contributed by atoms with Crippen molar-refractivity contribution >= 4 is 5.97 Å². The van der Waals surface area contributed by atoms with Crippen LogP contribution in [0.3, 0.4) is 0 Å². The van der Waals surface area contributed by atoms with E-state index in [2.05, 4.69) is 0 Å². The Labute approximate surface area is 71.3 Å². The maximum Gasteiger partial charge on any atom is 0.334 e. The molecule has 2 rings (SSSR count). The van der Waals surface area contributed by atoms with Crippen LogP contribution in [0.1, 0.15) is 19.8 Å². The minimum atomic E-state index is -0.144. The highest BCUT2D eigenvalue weighted by atomic mass is 16.6. The number of epoxide rings is 1. The monoisotopic (exact) mass is 168 g/mol. The second-order valence-electron chi connectivity index (χ2n) is 3.31. The molecule has 0 spiro atoms. The number of hydrogen-bond acceptors (Lipinski definition) is 3. The Hall–Kier alpha value is -0.830. The average molecular weight is 168 g/mol. The van der Waals surface area contributed by atoms with Crippen molar-refractivity contribution in [1.29, 1.82) is 0 Å². The molecule has 1 atom stereocenters. The van der Waals surface area contributed by atoms with Crippen LogP contribution in [-0.4, -0.2) is 25.3 Å². The fourth-order valence-corrected chi connectivity index (χ4v) is 1.20. The van der Waals surface area contributed by atoms with E-state index in [1.54, 1.807) is 0 Å². The van der Waals surface area contributed by atoms with Crippen LogP contribution in [0.4, 0.5) is 0 Å². The first-order valence-electron chi connectivity index (χ1n) is 4.24. The number of ether oxygens (including phenoxy) is 2. The summed E-state index contributed by atoms with van der Waals surface area (Å²) in [6.07, 6.45) is 2.11. The van der Waals surface area contributed by atoms with E-state index in [1.165, 1.54) is 5.57 Å². The number of rotatable bonds is 3. The lowest BCUT2D eigenvalue weighted by Gasteiger charge is -2.18. The molecule has 1 fully saturated rings. The molecular formula is C9H12O3. The van der Waals surface area contributed by atoms with Gasteiger partial charge in [0.2, 0.25) is 0 Å². The lowest BCUT2D eigenvalue weighted by Crippen LogP contribution is -2.17. The van der Waals surface area contributed by atoms with E-state index in [0.29, 0.717) is 6.61 Å². The Morgan fingerprint density at radius 1 is 1.67 bits per heavy atom. The van der Waals surface area contributed by atoms with E-state index in [9.17, 15) is 4.79 Å². The zero-order chi connectivity index (χ0) is 8.55. The molecule has 0 aromatic heterocycles. The predicted molar refractivity (Wildman–Crippen MR) is 42.6 cm³/mol. The molecule has 1 aliphatic carbocycles. The quantitative estimate of drug-likeness (QED) is 0.467. The van der Waals surface area contributed by atoms with Gasteiger partial charge in [-0.2, -0.15) is 0 Å². The minimum absolute atomic E-state index is 0.144. The zero-order valence-corrected chi connectivity index (χ0v) is 7.13. The molecule has 0 saturated carbocycles. The fraction of sp³-hybridized carbons (Fsp3) is 0.667. The molecule has 66 valence electrons. The third-order valence-corrected chi connectivity index (χ3v) is 2.31. The average Bonchev–Trinajstić information content (AvgIpc) is 2.81. The van der Waals surface area contributed by atoms with Crippen LogP contribution < -0.4 is 0 Å². The molecule has 3 nitrogen and oxygen atoms in total. The van der Waals surface area contributed by atoms with Gasteiger partial charge >= 0.3 is 5.97 Å². The van der Waals surface area contributed by atoms with E-state index in [-0.39, 0.29) is 12.1 Å². The van der Waals surface area contributed by atoms with Gasteiger partial charge in [-0.05, 0) is 19.8 Å². The van der Waals surface area contributed by atoms with Gasteiger partial charge in [-0.1, -0.05) is 5.57 Å². The minimum Gasteiger partial charge on any atom is -0.459 e. The largest absolute Gasteiger partial charge is 0.459 e. The number of hydrogen-bond donors (Lipinski definition) is 0. The maximum atomic E-state index is 11.2. The van der Waals surface area contributed by atoms with Gasteiger partial charge in [0.1, 0.15) is 12.7 Å². The van der Waals surface area contributed by atoms with Gasteiger partial charge in [-0.25, -0.2) is 4.79 Å². The van der Waals surface area contributed by atoms with E-state index < -0.39 is 0 Å². The van der Waals surface area contributed by atoms with Crippen molar-refractivity contribution in [1.82, 2.24) is 0 Å².